The van der Waals surface area contributed by atoms with Crippen molar-refractivity contribution in [3.63, 3.8) is 0 Å². The first-order chi connectivity index (χ1) is 7.99. The fraction of sp³-hybridized carbons (Fsp3) is 0.154. The lowest BCUT2D eigenvalue weighted by molar-refractivity contribution is 0.104. The Balaban J connectivity index is 2.44. The molecule has 4 heteroatoms. The normalized spacial score (nSPS) is 10.6. The van der Waals surface area contributed by atoms with Crippen molar-refractivity contribution in [3.8, 4) is 0 Å². The molecule has 2 rings (SSSR count). The molecular weight excluding hydrogens is 320 g/mol. The Morgan fingerprint density at radius 2 is 1.82 bits per heavy atom. The van der Waals surface area contributed by atoms with Crippen LogP contribution in [0, 0.1) is 13.8 Å². The molecule has 0 spiro atoms. The fourth-order valence-electron chi connectivity index (χ4n) is 1.66. The third kappa shape index (κ3) is 2.62. The van der Waals surface area contributed by atoms with Crippen molar-refractivity contribution < 1.29 is 4.79 Å². The average molecular weight is 330 g/mol. The molecule has 88 valence electrons. The van der Waals surface area contributed by atoms with Crippen molar-refractivity contribution in [2.24, 2.45) is 0 Å². The van der Waals surface area contributed by atoms with E-state index in [2.05, 4.69) is 15.9 Å². The highest BCUT2D eigenvalue weighted by Gasteiger charge is 2.13. The number of rotatable bonds is 2. The summed E-state index contributed by atoms with van der Waals surface area (Å²) in [5.41, 5.74) is 2.84. The second-order valence-electron chi connectivity index (χ2n) is 3.86. The largest absolute Gasteiger partial charge is 0.288 e. The lowest BCUT2D eigenvalue weighted by Crippen LogP contribution is -2.00. The second-order valence-corrected chi connectivity index (χ2v) is 6.36. The van der Waals surface area contributed by atoms with E-state index in [-0.39, 0.29) is 5.78 Å². The fourth-order valence-corrected chi connectivity index (χ4v) is 2.89. The van der Waals surface area contributed by atoms with E-state index in [4.69, 9.17) is 11.6 Å². The van der Waals surface area contributed by atoms with Gasteiger partial charge in [0, 0.05) is 10.0 Å². The van der Waals surface area contributed by atoms with E-state index < -0.39 is 0 Å². The minimum atomic E-state index is 0.0283. The number of halogens is 2. The van der Waals surface area contributed by atoms with E-state index in [0.717, 1.165) is 15.6 Å². The SMILES string of the molecule is Cc1cc(C(=O)c2ccc(Cl)s2)cc(C)c1Br. The Labute approximate surface area is 118 Å². The van der Waals surface area contributed by atoms with Crippen LogP contribution in [0.5, 0.6) is 0 Å². The summed E-state index contributed by atoms with van der Waals surface area (Å²) in [6, 6.07) is 7.31. The van der Waals surface area contributed by atoms with Crippen LogP contribution < -0.4 is 0 Å². The number of benzene rings is 1. The molecule has 0 N–H and O–H groups in total. The Morgan fingerprint density at radius 3 is 2.29 bits per heavy atom. The molecule has 0 atom stereocenters. The highest BCUT2D eigenvalue weighted by molar-refractivity contribution is 9.10. The number of thiophene rings is 1. The van der Waals surface area contributed by atoms with E-state index in [9.17, 15) is 4.79 Å². The Morgan fingerprint density at radius 1 is 1.24 bits per heavy atom. The standard InChI is InChI=1S/C13H10BrClOS/c1-7-5-9(6-8(2)12(7)14)13(16)10-3-4-11(15)17-10/h3-6H,1-2H3. The van der Waals surface area contributed by atoms with Gasteiger partial charge in [0.15, 0.2) is 0 Å². The van der Waals surface area contributed by atoms with Gasteiger partial charge in [-0.3, -0.25) is 4.79 Å². The summed E-state index contributed by atoms with van der Waals surface area (Å²) in [6.45, 7) is 3.96. The molecule has 1 heterocycles. The summed E-state index contributed by atoms with van der Waals surface area (Å²) in [7, 11) is 0. The van der Waals surface area contributed by atoms with Gasteiger partial charge in [0.2, 0.25) is 5.78 Å². The van der Waals surface area contributed by atoms with Crippen molar-refractivity contribution in [1.82, 2.24) is 0 Å². The summed E-state index contributed by atoms with van der Waals surface area (Å²) in [6.07, 6.45) is 0. The van der Waals surface area contributed by atoms with E-state index in [1.165, 1.54) is 11.3 Å². The molecule has 0 unspecified atom stereocenters. The van der Waals surface area contributed by atoms with Crippen LogP contribution in [0.3, 0.4) is 0 Å². The van der Waals surface area contributed by atoms with Gasteiger partial charge in [0.05, 0.1) is 9.21 Å². The topological polar surface area (TPSA) is 17.1 Å². The molecule has 1 aromatic heterocycles. The predicted octanol–water partition coefficient (Wildman–Crippen LogP) is 5.01. The van der Waals surface area contributed by atoms with Gasteiger partial charge in [0.1, 0.15) is 0 Å². The molecule has 0 radical (unpaired) electrons. The van der Waals surface area contributed by atoms with Crippen LogP contribution in [-0.4, -0.2) is 5.78 Å². The Kier molecular flexibility index (Phi) is 3.71. The zero-order valence-corrected chi connectivity index (χ0v) is 12.5. The van der Waals surface area contributed by atoms with Gasteiger partial charge in [-0.2, -0.15) is 0 Å². The number of ketones is 1. The molecule has 0 aliphatic rings. The number of carbonyl (C=O) groups excluding carboxylic acids is 1. The van der Waals surface area contributed by atoms with Crippen LogP contribution in [-0.2, 0) is 0 Å². The minimum absolute atomic E-state index is 0.0283. The predicted molar refractivity (Wildman–Crippen MR) is 76.4 cm³/mol. The van der Waals surface area contributed by atoms with Crippen LogP contribution in [0.25, 0.3) is 0 Å². The summed E-state index contributed by atoms with van der Waals surface area (Å²) >= 11 is 10.6. The zero-order valence-electron chi connectivity index (χ0n) is 9.38. The minimum Gasteiger partial charge on any atom is -0.288 e. The molecule has 0 amide bonds. The van der Waals surface area contributed by atoms with Crippen LogP contribution in [0.1, 0.15) is 26.4 Å². The Hall–Kier alpha value is -0.640. The van der Waals surface area contributed by atoms with Gasteiger partial charge < -0.3 is 0 Å². The molecular formula is C13H10BrClOS. The zero-order chi connectivity index (χ0) is 12.6. The first kappa shape index (κ1) is 12.8. The third-order valence-corrected chi connectivity index (χ3v) is 4.98. The molecule has 0 aliphatic heterocycles. The van der Waals surface area contributed by atoms with Crippen LogP contribution in [0.15, 0.2) is 28.7 Å². The van der Waals surface area contributed by atoms with Gasteiger partial charge in [-0.25, -0.2) is 0 Å². The van der Waals surface area contributed by atoms with E-state index in [1.807, 2.05) is 26.0 Å². The maximum atomic E-state index is 12.2. The second kappa shape index (κ2) is 4.92. The summed E-state index contributed by atoms with van der Waals surface area (Å²) < 4.78 is 1.69. The molecule has 0 fully saturated rings. The van der Waals surface area contributed by atoms with Crippen molar-refractivity contribution in [2.75, 3.05) is 0 Å². The monoisotopic (exact) mass is 328 g/mol. The van der Waals surface area contributed by atoms with E-state index in [0.29, 0.717) is 14.8 Å². The molecule has 0 saturated heterocycles. The smallest absolute Gasteiger partial charge is 0.203 e. The molecule has 1 nitrogen and oxygen atoms in total. The van der Waals surface area contributed by atoms with Gasteiger partial charge >= 0.3 is 0 Å². The molecule has 17 heavy (non-hydrogen) atoms. The summed E-state index contributed by atoms with van der Waals surface area (Å²) in [5, 5.41) is 0. The number of carbonyl (C=O) groups is 1. The molecule has 1 aromatic carbocycles. The van der Waals surface area contributed by atoms with Crippen molar-refractivity contribution >= 4 is 44.7 Å². The Bertz CT molecular complexity index is 566. The van der Waals surface area contributed by atoms with E-state index in [1.54, 1.807) is 12.1 Å². The number of aryl methyl sites for hydroxylation is 2. The highest BCUT2D eigenvalue weighted by atomic mass is 79.9. The summed E-state index contributed by atoms with van der Waals surface area (Å²) in [5.74, 6) is 0.0283. The van der Waals surface area contributed by atoms with Gasteiger partial charge in [-0.15, -0.1) is 11.3 Å². The maximum absolute atomic E-state index is 12.2. The first-order valence-corrected chi connectivity index (χ1v) is 7.04. The summed E-state index contributed by atoms with van der Waals surface area (Å²) in [4.78, 5) is 12.9. The highest BCUT2D eigenvalue weighted by Crippen LogP contribution is 2.27. The quantitative estimate of drug-likeness (QED) is 0.708. The van der Waals surface area contributed by atoms with Gasteiger partial charge in [0.25, 0.3) is 0 Å². The molecule has 2 aromatic rings. The number of hydrogen-bond donors (Lipinski definition) is 0. The van der Waals surface area contributed by atoms with Crippen molar-refractivity contribution in [1.29, 1.82) is 0 Å². The van der Waals surface area contributed by atoms with Crippen LogP contribution in [0.4, 0.5) is 0 Å². The van der Waals surface area contributed by atoms with Gasteiger partial charge in [-0.1, -0.05) is 27.5 Å². The van der Waals surface area contributed by atoms with Crippen LogP contribution >= 0.6 is 38.9 Å². The lowest BCUT2D eigenvalue weighted by atomic mass is 10.0. The first-order valence-electron chi connectivity index (χ1n) is 5.06. The van der Waals surface area contributed by atoms with E-state index >= 15 is 0 Å². The van der Waals surface area contributed by atoms with Gasteiger partial charge in [-0.05, 0) is 49.2 Å². The lowest BCUT2D eigenvalue weighted by Gasteiger charge is -2.06. The third-order valence-electron chi connectivity index (χ3n) is 2.50. The molecule has 0 saturated carbocycles. The average Bonchev–Trinajstić information content (AvgIpc) is 2.71. The maximum Gasteiger partial charge on any atom is 0.203 e. The van der Waals surface area contributed by atoms with Crippen LogP contribution in [0.2, 0.25) is 4.34 Å². The number of hydrogen-bond acceptors (Lipinski definition) is 2. The molecule has 0 aliphatic carbocycles. The van der Waals surface area contributed by atoms with Crippen molar-refractivity contribution in [3.05, 3.63) is 54.6 Å². The van der Waals surface area contributed by atoms with Crippen molar-refractivity contribution in [2.45, 2.75) is 13.8 Å². The molecule has 0 bridgehead atoms.